The van der Waals surface area contributed by atoms with Crippen molar-refractivity contribution in [1.29, 1.82) is 0 Å². The monoisotopic (exact) mass is 299 g/mol. The number of anilines is 1. The Labute approximate surface area is 125 Å². The van der Waals surface area contributed by atoms with Crippen molar-refractivity contribution in [3.05, 3.63) is 17.0 Å². The van der Waals surface area contributed by atoms with Crippen LogP contribution in [0.5, 0.6) is 0 Å². The zero-order valence-corrected chi connectivity index (χ0v) is 13.5. The molecule has 0 aromatic carbocycles. The second kappa shape index (κ2) is 5.47. The molecule has 0 radical (unpaired) electrons. The first-order chi connectivity index (χ1) is 9.21. The van der Waals surface area contributed by atoms with Gasteiger partial charge in [0.1, 0.15) is 17.6 Å². The maximum Gasteiger partial charge on any atom is 0.158 e. The van der Waals surface area contributed by atoms with E-state index in [1.54, 1.807) is 13.2 Å². The largest absolute Gasteiger partial charge is 0.377 e. The number of hydrogen-bond donors (Lipinski definition) is 0. The Morgan fingerprint density at radius 3 is 2.40 bits per heavy atom. The molecular weight excluding hydrogens is 278 g/mol. The van der Waals surface area contributed by atoms with Crippen LogP contribution in [0, 0.1) is 0 Å². The molecule has 5 nitrogen and oxygen atoms in total. The third-order valence-electron chi connectivity index (χ3n) is 3.02. The van der Waals surface area contributed by atoms with E-state index in [9.17, 15) is 0 Å². The van der Waals surface area contributed by atoms with Crippen LogP contribution in [0.25, 0.3) is 0 Å². The summed E-state index contributed by atoms with van der Waals surface area (Å²) in [5.41, 5.74) is -0.471. The van der Waals surface area contributed by atoms with Gasteiger partial charge >= 0.3 is 0 Å². The summed E-state index contributed by atoms with van der Waals surface area (Å²) in [6.07, 6.45) is 0. The predicted octanol–water partition coefficient (Wildman–Crippen LogP) is 2.67. The van der Waals surface area contributed by atoms with E-state index in [1.807, 2.05) is 0 Å². The van der Waals surface area contributed by atoms with Gasteiger partial charge in [-0.3, -0.25) is 0 Å². The maximum atomic E-state index is 6.08. The van der Waals surface area contributed by atoms with Gasteiger partial charge < -0.3 is 14.4 Å². The van der Waals surface area contributed by atoms with Crippen molar-refractivity contribution >= 4 is 17.4 Å². The number of aromatic nitrogens is 2. The van der Waals surface area contributed by atoms with Gasteiger partial charge in [-0.05, 0) is 27.7 Å². The van der Waals surface area contributed by atoms with Gasteiger partial charge in [0.15, 0.2) is 5.82 Å². The van der Waals surface area contributed by atoms with Gasteiger partial charge in [0.2, 0.25) is 0 Å². The lowest BCUT2D eigenvalue weighted by atomic mass is 9.99. The fourth-order valence-electron chi connectivity index (χ4n) is 2.76. The SMILES string of the molecule is COCc1nc(Cl)cc(N2CC(C)(C)OC(C)(C)C2)n1. The molecule has 0 unspecified atom stereocenters. The molecule has 2 rings (SSSR count). The highest BCUT2D eigenvalue weighted by Gasteiger charge is 2.38. The zero-order valence-electron chi connectivity index (χ0n) is 12.7. The van der Waals surface area contributed by atoms with E-state index in [1.165, 1.54) is 0 Å². The molecule has 1 fully saturated rings. The van der Waals surface area contributed by atoms with Gasteiger partial charge in [0.25, 0.3) is 0 Å². The van der Waals surface area contributed by atoms with E-state index in [4.69, 9.17) is 21.1 Å². The third kappa shape index (κ3) is 3.81. The molecule has 0 N–H and O–H groups in total. The molecule has 0 bridgehead atoms. The fraction of sp³-hybridized carbons (Fsp3) is 0.714. The van der Waals surface area contributed by atoms with E-state index in [0.717, 1.165) is 18.9 Å². The van der Waals surface area contributed by atoms with Crippen LogP contribution in [0.15, 0.2) is 6.07 Å². The van der Waals surface area contributed by atoms with Crippen molar-refractivity contribution in [2.24, 2.45) is 0 Å². The van der Waals surface area contributed by atoms with Crippen LogP contribution in [-0.4, -0.2) is 41.4 Å². The molecule has 1 aromatic rings. The molecule has 0 saturated carbocycles. The smallest absolute Gasteiger partial charge is 0.158 e. The van der Waals surface area contributed by atoms with Gasteiger partial charge in [0, 0.05) is 26.3 Å². The first-order valence-electron chi connectivity index (χ1n) is 6.68. The summed E-state index contributed by atoms with van der Waals surface area (Å²) in [5.74, 6) is 1.42. The van der Waals surface area contributed by atoms with Crippen LogP contribution >= 0.6 is 11.6 Å². The summed E-state index contributed by atoms with van der Waals surface area (Å²) in [6, 6.07) is 1.79. The lowest BCUT2D eigenvalue weighted by molar-refractivity contribution is -0.133. The van der Waals surface area contributed by atoms with Crippen molar-refractivity contribution in [2.75, 3.05) is 25.1 Å². The Bertz CT molecular complexity index is 475. The summed E-state index contributed by atoms with van der Waals surface area (Å²) >= 11 is 6.08. The normalized spacial score (nSPS) is 21.0. The quantitative estimate of drug-likeness (QED) is 0.803. The molecule has 0 spiro atoms. The van der Waals surface area contributed by atoms with E-state index in [2.05, 4.69) is 42.6 Å². The van der Waals surface area contributed by atoms with Crippen molar-refractivity contribution in [1.82, 2.24) is 9.97 Å². The summed E-state index contributed by atoms with van der Waals surface area (Å²) in [7, 11) is 1.62. The Hall–Kier alpha value is -0.910. The number of methoxy groups -OCH3 is 1. The highest BCUT2D eigenvalue weighted by atomic mass is 35.5. The molecule has 1 aliphatic rings. The van der Waals surface area contributed by atoms with Crippen molar-refractivity contribution in [2.45, 2.75) is 45.5 Å². The molecule has 6 heteroatoms. The number of hydrogen-bond acceptors (Lipinski definition) is 5. The predicted molar refractivity (Wildman–Crippen MR) is 79.2 cm³/mol. The van der Waals surface area contributed by atoms with E-state index in [0.29, 0.717) is 17.6 Å². The van der Waals surface area contributed by atoms with E-state index >= 15 is 0 Å². The van der Waals surface area contributed by atoms with Crippen molar-refractivity contribution in [3.63, 3.8) is 0 Å². The summed E-state index contributed by atoms with van der Waals surface area (Å²) in [6.45, 7) is 10.2. The lowest BCUT2D eigenvalue weighted by Crippen LogP contribution is -2.57. The van der Waals surface area contributed by atoms with Crippen molar-refractivity contribution in [3.8, 4) is 0 Å². The molecule has 0 aliphatic carbocycles. The summed E-state index contributed by atoms with van der Waals surface area (Å²) < 4.78 is 11.2. The number of rotatable bonds is 3. The van der Waals surface area contributed by atoms with Crippen molar-refractivity contribution < 1.29 is 9.47 Å². The number of morpholine rings is 1. The average molecular weight is 300 g/mol. The summed E-state index contributed by atoms with van der Waals surface area (Å²) in [5, 5.41) is 0.434. The van der Waals surface area contributed by atoms with E-state index in [-0.39, 0.29) is 11.2 Å². The molecule has 112 valence electrons. The van der Waals surface area contributed by atoms with Crippen LogP contribution in [0.2, 0.25) is 5.15 Å². The molecule has 20 heavy (non-hydrogen) atoms. The van der Waals surface area contributed by atoms with Gasteiger partial charge in [0.05, 0.1) is 11.2 Å². The average Bonchev–Trinajstić information content (AvgIpc) is 2.24. The van der Waals surface area contributed by atoms with Gasteiger partial charge in [-0.25, -0.2) is 9.97 Å². The second-order valence-electron chi connectivity index (χ2n) is 6.38. The Morgan fingerprint density at radius 1 is 1.25 bits per heavy atom. The minimum absolute atomic E-state index is 0.236. The maximum absolute atomic E-state index is 6.08. The molecule has 0 amide bonds. The molecular formula is C14H22ClN3O2. The Morgan fingerprint density at radius 2 is 1.85 bits per heavy atom. The van der Waals surface area contributed by atoms with Crippen LogP contribution in [0.4, 0.5) is 5.82 Å². The van der Waals surface area contributed by atoms with Gasteiger partial charge in [-0.15, -0.1) is 0 Å². The topological polar surface area (TPSA) is 47.5 Å². The molecule has 0 atom stereocenters. The highest BCUT2D eigenvalue weighted by molar-refractivity contribution is 6.29. The number of halogens is 1. The van der Waals surface area contributed by atoms with Crippen LogP contribution < -0.4 is 4.90 Å². The first kappa shape index (κ1) is 15.5. The van der Waals surface area contributed by atoms with Crippen LogP contribution in [0.3, 0.4) is 0 Å². The van der Waals surface area contributed by atoms with Crippen LogP contribution in [-0.2, 0) is 16.1 Å². The minimum Gasteiger partial charge on any atom is -0.377 e. The fourth-order valence-corrected chi connectivity index (χ4v) is 2.95. The molecule has 1 aromatic heterocycles. The zero-order chi connectivity index (χ0) is 15.0. The van der Waals surface area contributed by atoms with Gasteiger partial charge in [-0.1, -0.05) is 11.6 Å². The second-order valence-corrected chi connectivity index (χ2v) is 6.76. The van der Waals surface area contributed by atoms with E-state index < -0.39 is 0 Å². The Balaban J connectivity index is 2.30. The highest BCUT2D eigenvalue weighted by Crippen LogP contribution is 2.31. The third-order valence-corrected chi connectivity index (χ3v) is 3.21. The Kier molecular flexibility index (Phi) is 4.23. The number of nitrogens with zero attached hydrogens (tertiary/aromatic N) is 3. The standard InChI is InChI=1S/C14H22ClN3O2/c1-13(2)8-18(9-14(3,4)20-13)12-6-10(15)16-11(17-12)7-19-5/h6H,7-9H2,1-5H3. The molecule has 2 heterocycles. The minimum atomic E-state index is -0.236. The lowest BCUT2D eigenvalue weighted by Gasteiger charge is -2.47. The van der Waals surface area contributed by atoms with Gasteiger partial charge in [-0.2, -0.15) is 0 Å². The first-order valence-corrected chi connectivity index (χ1v) is 7.06. The van der Waals surface area contributed by atoms with Crippen LogP contribution in [0.1, 0.15) is 33.5 Å². The number of ether oxygens (including phenoxy) is 2. The summed E-state index contributed by atoms with van der Waals surface area (Å²) in [4.78, 5) is 10.9. The molecule has 1 aliphatic heterocycles. The molecule has 1 saturated heterocycles.